The fourth-order valence-electron chi connectivity index (χ4n) is 2.52. The first kappa shape index (κ1) is 14.3. The average molecular weight is 252 g/mol. The second kappa shape index (κ2) is 5.25. The SMILES string of the molecule is CC1CC(N)CC(C(=O)N(C)CC(F)(F)F)C1. The van der Waals surface area contributed by atoms with Gasteiger partial charge in [-0.25, -0.2) is 0 Å². The van der Waals surface area contributed by atoms with Crippen molar-refractivity contribution in [2.24, 2.45) is 17.6 Å². The predicted octanol–water partition coefficient (Wildman–Crippen LogP) is 1.77. The minimum atomic E-state index is -4.34. The molecule has 0 aromatic heterocycles. The van der Waals surface area contributed by atoms with Crippen LogP contribution in [0.3, 0.4) is 0 Å². The third-order valence-corrected chi connectivity index (χ3v) is 3.12. The molecular formula is C11H19F3N2O. The summed E-state index contributed by atoms with van der Waals surface area (Å²) in [6.07, 6.45) is -2.38. The number of nitrogens with two attached hydrogens (primary N) is 1. The van der Waals surface area contributed by atoms with E-state index in [1.54, 1.807) is 0 Å². The van der Waals surface area contributed by atoms with Gasteiger partial charge in [-0.3, -0.25) is 4.79 Å². The summed E-state index contributed by atoms with van der Waals surface area (Å²) in [5, 5.41) is 0. The third-order valence-electron chi connectivity index (χ3n) is 3.12. The maximum absolute atomic E-state index is 12.2. The van der Waals surface area contributed by atoms with Gasteiger partial charge in [-0.05, 0) is 25.2 Å². The Balaban J connectivity index is 2.57. The number of carbonyl (C=O) groups is 1. The molecule has 3 atom stereocenters. The first-order chi connectivity index (χ1) is 7.69. The largest absolute Gasteiger partial charge is 0.406 e. The van der Waals surface area contributed by atoms with Crippen molar-refractivity contribution in [3.63, 3.8) is 0 Å². The van der Waals surface area contributed by atoms with Gasteiger partial charge in [-0.1, -0.05) is 6.92 Å². The van der Waals surface area contributed by atoms with Gasteiger partial charge < -0.3 is 10.6 Å². The summed E-state index contributed by atoms with van der Waals surface area (Å²) in [4.78, 5) is 12.6. The molecule has 1 rings (SSSR count). The summed E-state index contributed by atoms with van der Waals surface area (Å²) in [5.41, 5.74) is 5.79. The van der Waals surface area contributed by atoms with E-state index >= 15 is 0 Å². The average Bonchev–Trinajstić information content (AvgIpc) is 2.12. The Kier molecular flexibility index (Phi) is 4.41. The van der Waals surface area contributed by atoms with Gasteiger partial charge in [-0.2, -0.15) is 13.2 Å². The van der Waals surface area contributed by atoms with Crippen LogP contribution in [-0.2, 0) is 4.79 Å². The summed E-state index contributed by atoms with van der Waals surface area (Å²) in [7, 11) is 1.20. The van der Waals surface area contributed by atoms with E-state index in [1.165, 1.54) is 7.05 Å². The van der Waals surface area contributed by atoms with Crippen LogP contribution in [-0.4, -0.2) is 36.6 Å². The quantitative estimate of drug-likeness (QED) is 0.814. The van der Waals surface area contributed by atoms with Crippen LogP contribution in [0.1, 0.15) is 26.2 Å². The highest BCUT2D eigenvalue weighted by Gasteiger charge is 2.36. The number of rotatable bonds is 2. The monoisotopic (exact) mass is 252 g/mol. The van der Waals surface area contributed by atoms with Crippen LogP contribution in [0.2, 0.25) is 0 Å². The number of hydrogen-bond acceptors (Lipinski definition) is 2. The first-order valence-electron chi connectivity index (χ1n) is 5.76. The van der Waals surface area contributed by atoms with Crippen molar-refractivity contribution in [2.45, 2.75) is 38.4 Å². The summed E-state index contributed by atoms with van der Waals surface area (Å²) in [6, 6.07) is -0.0769. The molecule has 100 valence electrons. The van der Waals surface area contributed by atoms with Crippen LogP contribution < -0.4 is 5.73 Å². The fraction of sp³-hybridized carbons (Fsp3) is 0.909. The maximum Gasteiger partial charge on any atom is 0.406 e. The van der Waals surface area contributed by atoms with E-state index in [2.05, 4.69) is 0 Å². The highest BCUT2D eigenvalue weighted by molar-refractivity contribution is 5.78. The normalized spacial score (nSPS) is 30.1. The van der Waals surface area contributed by atoms with E-state index < -0.39 is 18.6 Å². The molecule has 0 heterocycles. The standard InChI is InChI=1S/C11H19F3N2O/c1-7-3-8(5-9(15)4-7)10(17)16(2)6-11(12,13)14/h7-9H,3-6,15H2,1-2H3. The van der Waals surface area contributed by atoms with Crippen molar-refractivity contribution in [1.82, 2.24) is 4.90 Å². The Hall–Kier alpha value is -0.780. The third kappa shape index (κ3) is 4.53. The molecule has 0 radical (unpaired) electrons. The molecule has 0 spiro atoms. The maximum atomic E-state index is 12.2. The van der Waals surface area contributed by atoms with Crippen LogP contribution in [0.15, 0.2) is 0 Å². The fourth-order valence-corrected chi connectivity index (χ4v) is 2.52. The molecule has 1 saturated carbocycles. The van der Waals surface area contributed by atoms with Crippen molar-refractivity contribution in [3.05, 3.63) is 0 Å². The molecule has 17 heavy (non-hydrogen) atoms. The van der Waals surface area contributed by atoms with Crippen molar-refractivity contribution in [3.8, 4) is 0 Å². The number of hydrogen-bond donors (Lipinski definition) is 1. The lowest BCUT2D eigenvalue weighted by Crippen LogP contribution is -2.43. The van der Waals surface area contributed by atoms with Gasteiger partial charge in [-0.15, -0.1) is 0 Å². The van der Waals surface area contributed by atoms with Crippen molar-refractivity contribution < 1.29 is 18.0 Å². The molecule has 1 fully saturated rings. The highest BCUT2D eigenvalue weighted by Crippen LogP contribution is 2.29. The highest BCUT2D eigenvalue weighted by atomic mass is 19.4. The molecule has 0 aromatic carbocycles. The summed E-state index contributed by atoms with van der Waals surface area (Å²) < 4.78 is 36.5. The van der Waals surface area contributed by atoms with Gasteiger partial charge in [0.2, 0.25) is 5.91 Å². The van der Waals surface area contributed by atoms with Gasteiger partial charge in [0.15, 0.2) is 0 Å². The molecular weight excluding hydrogens is 233 g/mol. The van der Waals surface area contributed by atoms with Crippen LogP contribution >= 0.6 is 0 Å². The molecule has 1 aliphatic carbocycles. The topological polar surface area (TPSA) is 46.3 Å². The summed E-state index contributed by atoms with van der Waals surface area (Å²) in [6.45, 7) is 0.787. The molecule has 0 aliphatic heterocycles. The minimum Gasteiger partial charge on any atom is -0.336 e. The number of halogens is 3. The second-order valence-corrected chi connectivity index (χ2v) is 5.08. The van der Waals surface area contributed by atoms with E-state index in [-0.39, 0.29) is 12.0 Å². The molecule has 0 bridgehead atoms. The molecule has 3 nitrogen and oxygen atoms in total. The van der Waals surface area contributed by atoms with Crippen molar-refractivity contribution in [2.75, 3.05) is 13.6 Å². The van der Waals surface area contributed by atoms with Crippen LogP contribution in [0.5, 0.6) is 0 Å². The van der Waals surface area contributed by atoms with Gasteiger partial charge in [0.05, 0.1) is 0 Å². The van der Waals surface area contributed by atoms with E-state index in [1.807, 2.05) is 6.92 Å². The molecule has 1 amide bonds. The number of alkyl halides is 3. The molecule has 2 N–H and O–H groups in total. The van der Waals surface area contributed by atoms with E-state index in [0.717, 1.165) is 11.3 Å². The van der Waals surface area contributed by atoms with Gasteiger partial charge in [0.1, 0.15) is 6.54 Å². The zero-order chi connectivity index (χ0) is 13.2. The van der Waals surface area contributed by atoms with Gasteiger partial charge in [0, 0.05) is 19.0 Å². The number of nitrogens with zero attached hydrogens (tertiary/aromatic N) is 1. The first-order valence-corrected chi connectivity index (χ1v) is 5.76. The Morgan fingerprint density at radius 3 is 2.41 bits per heavy atom. The lowest BCUT2D eigenvalue weighted by atomic mass is 9.79. The zero-order valence-electron chi connectivity index (χ0n) is 10.1. The van der Waals surface area contributed by atoms with Crippen molar-refractivity contribution in [1.29, 1.82) is 0 Å². The summed E-state index contributed by atoms with van der Waals surface area (Å²) >= 11 is 0. The van der Waals surface area contributed by atoms with Crippen LogP contribution in [0, 0.1) is 11.8 Å². The lowest BCUT2D eigenvalue weighted by Gasteiger charge is -2.33. The number of carbonyl (C=O) groups excluding carboxylic acids is 1. The molecule has 6 heteroatoms. The van der Waals surface area contributed by atoms with Crippen LogP contribution in [0.4, 0.5) is 13.2 Å². The Bertz CT molecular complexity index is 270. The van der Waals surface area contributed by atoms with Gasteiger partial charge >= 0.3 is 6.18 Å². The van der Waals surface area contributed by atoms with E-state index in [4.69, 9.17) is 5.73 Å². The number of amides is 1. The molecule has 1 aliphatic rings. The zero-order valence-corrected chi connectivity index (χ0v) is 10.1. The smallest absolute Gasteiger partial charge is 0.336 e. The lowest BCUT2D eigenvalue weighted by molar-refractivity contribution is -0.161. The second-order valence-electron chi connectivity index (χ2n) is 5.08. The van der Waals surface area contributed by atoms with E-state index in [0.29, 0.717) is 18.8 Å². The van der Waals surface area contributed by atoms with E-state index in [9.17, 15) is 18.0 Å². The Morgan fingerprint density at radius 2 is 1.94 bits per heavy atom. The molecule has 0 aromatic rings. The van der Waals surface area contributed by atoms with Crippen LogP contribution in [0.25, 0.3) is 0 Å². The summed E-state index contributed by atoms with van der Waals surface area (Å²) in [5.74, 6) is -0.502. The molecule has 0 saturated heterocycles. The van der Waals surface area contributed by atoms with Crippen molar-refractivity contribution >= 4 is 5.91 Å². The minimum absolute atomic E-state index is 0.0769. The Labute approximate surface area is 99.1 Å². The Morgan fingerprint density at radius 1 is 1.35 bits per heavy atom. The van der Waals surface area contributed by atoms with Gasteiger partial charge in [0.25, 0.3) is 0 Å². The predicted molar refractivity (Wildman–Crippen MR) is 58.2 cm³/mol. The molecule has 3 unspecified atom stereocenters.